The molecule has 100 valence electrons. The molecule has 0 spiro atoms. The van der Waals surface area contributed by atoms with E-state index >= 15 is 0 Å². The molecule has 0 saturated heterocycles. The van der Waals surface area contributed by atoms with E-state index < -0.39 is 0 Å². The minimum atomic E-state index is -0.108. The van der Waals surface area contributed by atoms with Crippen LogP contribution in [-0.4, -0.2) is 22.6 Å². The fraction of sp³-hybridized carbons (Fsp3) is 0.462. The number of nitrogen functional groups attached to an aromatic ring is 1. The molecule has 1 aliphatic rings. The Morgan fingerprint density at radius 1 is 1.63 bits per heavy atom. The monoisotopic (exact) mass is 276 g/mol. The third-order valence-corrected chi connectivity index (χ3v) is 4.96. The van der Waals surface area contributed by atoms with Gasteiger partial charge in [0.25, 0.3) is 5.91 Å². The molecule has 3 rings (SSSR count). The topological polar surface area (TPSA) is 80.9 Å². The number of aromatic nitrogens is 2. The standard InChI is InChI=1S/C13H16N4OS/c1-13(2)5-7(13)6-15-11(18)10-9(14)8-3-4-16-17-12(8)19-10/h3-4,7H,5-6,14H2,1-2H3,(H,15,18). The molecule has 0 radical (unpaired) electrons. The third kappa shape index (κ3) is 2.16. The lowest BCUT2D eigenvalue weighted by molar-refractivity contribution is 0.0955. The van der Waals surface area contributed by atoms with Crippen LogP contribution in [0.2, 0.25) is 0 Å². The first-order valence-electron chi connectivity index (χ1n) is 6.27. The van der Waals surface area contributed by atoms with Gasteiger partial charge in [0.15, 0.2) is 0 Å². The number of amides is 1. The van der Waals surface area contributed by atoms with E-state index in [4.69, 9.17) is 5.73 Å². The Morgan fingerprint density at radius 2 is 2.37 bits per heavy atom. The second-order valence-corrected chi connectivity index (χ2v) is 6.69. The maximum absolute atomic E-state index is 12.1. The van der Waals surface area contributed by atoms with Gasteiger partial charge in [-0.3, -0.25) is 4.79 Å². The van der Waals surface area contributed by atoms with Crippen LogP contribution in [0.5, 0.6) is 0 Å². The molecule has 0 aliphatic heterocycles. The zero-order valence-corrected chi connectivity index (χ0v) is 11.8. The van der Waals surface area contributed by atoms with Crippen LogP contribution in [0.3, 0.4) is 0 Å². The van der Waals surface area contributed by atoms with Crippen molar-refractivity contribution in [2.75, 3.05) is 12.3 Å². The number of hydrogen-bond acceptors (Lipinski definition) is 5. The maximum Gasteiger partial charge on any atom is 0.263 e. The molecule has 19 heavy (non-hydrogen) atoms. The molecule has 1 unspecified atom stereocenters. The Kier molecular flexibility index (Phi) is 2.70. The Morgan fingerprint density at radius 3 is 3.00 bits per heavy atom. The van der Waals surface area contributed by atoms with Gasteiger partial charge in [-0.25, -0.2) is 0 Å². The number of rotatable bonds is 3. The Hall–Kier alpha value is -1.69. The van der Waals surface area contributed by atoms with Gasteiger partial charge in [0, 0.05) is 11.9 Å². The largest absolute Gasteiger partial charge is 0.397 e. The zero-order chi connectivity index (χ0) is 13.6. The van der Waals surface area contributed by atoms with E-state index in [1.54, 1.807) is 12.3 Å². The molecule has 3 N–H and O–H groups in total. The van der Waals surface area contributed by atoms with Gasteiger partial charge in [-0.1, -0.05) is 13.8 Å². The minimum Gasteiger partial charge on any atom is -0.397 e. The van der Waals surface area contributed by atoms with Gasteiger partial charge in [-0.15, -0.1) is 16.4 Å². The van der Waals surface area contributed by atoms with Crippen molar-refractivity contribution in [3.8, 4) is 0 Å². The number of carbonyl (C=O) groups is 1. The van der Waals surface area contributed by atoms with Crippen LogP contribution in [0.4, 0.5) is 5.69 Å². The Balaban J connectivity index is 1.76. The fourth-order valence-corrected chi connectivity index (χ4v) is 3.22. The van der Waals surface area contributed by atoms with Gasteiger partial charge in [0.05, 0.1) is 11.9 Å². The lowest BCUT2D eigenvalue weighted by Crippen LogP contribution is -2.26. The second-order valence-electron chi connectivity index (χ2n) is 5.69. The van der Waals surface area contributed by atoms with Crippen molar-refractivity contribution in [3.05, 3.63) is 17.1 Å². The summed E-state index contributed by atoms with van der Waals surface area (Å²) in [4.78, 5) is 13.4. The summed E-state index contributed by atoms with van der Waals surface area (Å²) in [5.41, 5.74) is 6.86. The van der Waals surface area contributed by atoms with E-state index in [1.807, 2.05) is 0 Å². The molecule has 1 amide bonds. The van der Waals surface area contributed by atoms with E-state index in [0.29, 0.717) is 33.3 Å². The molecule has 0 bridgehead atoms. The highest BCUT2D eigenvalue weighted by atomic mass is 32.1. The lowest BCUT2D eigenvalue weighted by atomic mass is 10.1. The van der Waals surface area contributed by atoms with Crippen LogP contribution in [-0.2, 0) is 0 Å². The van der Waals surface area contributed by atoms with Crippen molar-refractivity contribution in [3.63, 3.8) is 0 Å². The predicted octanol–water partition coefficient (Wildman–Crippen LogP) is 2.05. The first kappa shape index (κ1) is 12.3. The number of thiophene rings is 1. The molecular formula is C13H16N4OS. The average Bonchev–Trinajstić information content (AvgIpc) is 2.85. The van der Waals surface area contributed by atoms with Crippen molar-refractivity contribution in [2.24, 2.45) is 11.3 Å². The van der Waals surface area contributed by atoms with Crippen LogP contribution in [0.25, 0.3) is 10.2 Å². The number of anilines is 1. The highest BCUT2D eigenvalue weighted by Crippen LogP contribution is 2.51. The van der Waals surface area contributed by atoms with Crippen LogP contribution < -0.4 is 11.1 Å². The predicted molar refractivity (Wildman–Crippen MR) is 76.0 cm³/mol. The molecule has 1 fully saturated rings. The summed E-state index contributed by atoms with van der Waals surface area (Å²) in [7, 11) is 0. The fourth-order valence-electron chi connectivity index (χ4n) is 2.26. The number of hydrogen-bond donors (Lipinski definition) is 2. The molecule has 0 aromatic carbocycles. The quantitative estimate of drug-likeness (QED) is 0.899. The van der Waals surface area contributed by atoms with E-state index in [9.17, 15) is 4.79 Å². The van der Waals surface area contributed by atoms with Crippen LogP contribution in [0.1, 0.15) is 29.9 Å². The van der Waals surface area contributed by atoms with E-state index in [2.05, 4.69) is 29.4 Å². The summed E-state index contributed by atoms with van der Waals surface area (Å²) in [6.07, 6.45) is 2.75. The minimum absolute atomic E-state index is 0.108. The number of nitrogens with zero attached hydrogens (tertiary/aromatic N) is 2. The number of fused-ring (bicyclic) bond motifs is 1. The van der Waals surface area contributed by atoms with Crippen LogP contribution in [0, 0.1) is 11.3 Å². The molecule has 1 atom stereocenters. The molecule has 6 heteroatoms. The number of nitrogens with two attached hydrogens (primary N) is 1. The number of nitrogens with one attached hydrogen (secondary N) is 1. The highest BCUT2D eigenvalue weighted by Gasteiger charge is 2.45. The average molecular weight is 276 g/mol. The summed E-state index contributed by atoms with van der Waals surface area (Å²) in [5.74, 6) is 0.468. The molecule has 2 heterocycles. The highest BCUT2D eigenvalue weighted by molar-refractivity contribution is 7.21. The van der Waals surface area contributed by atoms with Gasteiger partial charge in [-0.2, -0.15) is 5.10 Å². The van der Waals surface area contributed by atoms with E-state index in [-0.39, 0.29) is 5.91 Å². The lowest BCUT2D eigenvalue weighted by Gasteiger charge is -2.05. The van der Waals surface area contributed by atoms with Crippen molar-refractivity contribution < 1.29 is 4.79 Å². The van der Waals surface area contributed by atoms with Gasteiger partial charge in [-0.05, 0) is 23.8 Å². The van der Waals surface area contributed by atoms with Crippen molar-refractivity contribution in [1.29, 1.82) is 0 Å². The maximum atomic E-state index is 12.1. The molecule has 1 saturated carbocycles. The summed E-state index contributed by atoms with van der Waals surface area (Å²) >= 11 is 1.29. The Bertz CT molecular complexity index is 649. The van der Waals surface area contributed by atoms with E-state index in [1.165, 1.54) is 17.8 Å². The SMILES string of the molecule is CC1(C)CC1CNC(=O)c1sc2nnccc2c1N. The van der Waals surface area contributed by atoms with Crippen molar-refractivity contribution in [1.82, 2.24) is 15.5 Å². The second kappa shape index (κ2) is 4.16. The number of carbonyl (C=O) groups excluding carboxylic acids is 1. The first-order chi connectivity index (χ1) is 8.99. The van der Waals surface area contributed by atoms with E-state index in [0.717, 1.165) is 5.39 Å². The van der Waals surface area contributed by atoms with Crippen LogP contribution >= 0.6 is 11.3 Å². The Labute approximate surface area is 115 Å². The normalized spacial score (nSPS) is 20.4. The summed E-state index contributed by atoms with van der Waals surface area (Å²) in [6.45, 7) is 5.14. The third-order valence-electron chi connectivity index (χ3n) is 3.85. The van der Waals surface area contributed by atoms with Crippen LogP contribution in [0.15, 0.2) is 12.3 Å². The van der Waals surface area contributed by atoms with Gasteiger partial charge < -0.3 is 11.1 Å². The zero-order valence-electron chi connectivity index (χ0n) is 10.9. The molecular weight excluding hydrogens is 260 g/mol. The van der Waals surface area contributed by atoms with Gasteiger partial charge >= 0.3 is 0 Å². The van der Waals surface area contributed by atoms with Gasteiger partial charge in [0.2, 0.25) is 0 Å². The first-order valence-corrected chi connectivity index (χ1v) is 7.08. The summed E-state index contributed by atoms with van der Waals surface area (Å²) < 4.78 is 0. The molecule has 5 nitrogen and oxygen atoms in total. The van der Waals surface area contributed by atoms with Gasteiger partial charge in [0.1, 0.15) is 9.71 Å². The molecule has 2 aromatic heterocycles. The summed E-state index contributed by atoms with van der Waals surface area (Å²) in [5, 5.41) is 11.6. The van der Waals surface area contributed by atoms with Crippen molar-refractivity contribution >= 4 is 33.1 Å². The molecule has 1 aliphatic carbocycles. The molecule has 2 aromatic rings. The smallest absolute Gasteiger partial charge is 0.263 e. The summed E-state index contributed by atoms with van der Waals surface area (Å²) in [6, 6.07) is 1.79. The van der Waals surface area contributed by atoms with Crippen molar-refractivity contribution in [2.45, 2.75) is 20.3 Å².